The zero-order valence-corrected chi connectivity index (χ0v) is 13.6. The molecule has 0 spiro atoms. The minimum atomic E-state index is -0.284. The average Bonchev–Trinajstić information content (AvgIpc) is 2.58. The smallest absolute Gasteiger partial charge is 0.224 e. The van der Waals surface area contributed by atoms with Crippen LogP contribution < -0.4 is 10.1 Å². The van der Waals surface area contributed by atoms with Crippen molar-refractivity contribution in [3.8, 4) is 5.75 Å². The summed E-state index contributed by atoms with van der Waals surface area (Å²) in [6.07, 6.45) is 8.09. The van der Waals surface area contributed by atoms with Crippen molar-refractivity contribution in [3.63, 3.8) is 0 Å². The van der Waals surface area contributed by atoms with Gasteiger partial charge < -0.3 is 15.2 Å². The van der Waals surface area contributed by atoms with Crippen molar-refractivity contribution in [1.29, 1.82) is 0 Å². The van der Waals surface area contributed by atoms with Crippen LogP contribution in [0.25, 0.3) is 0 Å². The van der Waals surface area contributed by atoms with Crippen LogP contribution >= 0.6 is 0 Å². The van der Waals surface area contributed by atoms with Crippen LogP contribution in [-0.4, -0.2) is 34.2 Å². The first-order valence-electron chi connectivity index (χ1n) is 8.01. The largest absolute Gasteiger partial charge is 0.495 e. The Morgan fingerprint density at radius 3 is 2.75 bits per heavy atom. The summed E-state index contributed by atoms with van der Waals surface area (Å²) in [5.74, 6) is 0.798. The van der Waals surface area contributed by atoms with Crippen LogP contribution in [0.15, 0.2) is 43.0 Å². The molecule has 6 nitrogen and oxygen atoms in total. The number of aromatic nitrogens is 2. The molecule has 0 saturated heterocycles. The van der Waals surface area contributed by atoms with E-state index in [1.807, 2.05) is 18.2 Å². The van der Waals surface area contributed by atoms with Gasteiger partial charge in [-0.05, 0) is 48.1 Å². The molecular weight excluding hydrogens is 306 g/mol. The Morgan fingerprint density at radius 2 is 2.08 bits per heavy atom. The Hall–Kier alpha value is -2.47. The van der Waals surface area contributed by atoms with Gasteiger partial charge in [-0.3, -0.25) is 14.8 Å². The van der Waals surface area contributed by atoms with E-state index >= 15 is 0 Å². The Bertz CT molecular complexity index is 687. The molecule has 0 bridgehead atoms. The Balaban J connectivity index is 1.73. The van der Waals surface area contributed by atoms with Gasteiger partial charge in [0, 0.05) is 18.6 Å². The summed E-state index contributed by atoms with van der Waals surface area (Å²) in [5, 5.41) is 12.7. The van der Waals surface area contributed by atoms with Crippen molar-refractivity contribution in [2.75, 3.05) is 7.11 Å². The van der Waals surface area contributed by atoms with Gasteiger partial charge in [0.25, 0.3) is 0 Å². The first kappa shape index (κ1) is 16.4. The third kappa shape index (κ3) is 3.89. The topological polar surface area (TPSA) is 84.3 Å². The van der Waals surface area contributed by atoms with Crippen molar-refractivity contribution in [2.24, 2.45) is 5.92 Å². The van der Waals surface area contributed by atoms with Crippen LogP contribution in [0.3, 0.4) is 0 Å². The molecule has 1 aliphatic rings. The molecule has 1 saturated carbocycles. The molecule has 6 heteroatoms. The van der Waals surface area contributed by atoms with Crippen molar-refractivity contribution < 1.29 is 14.6 Å². The lowest BCUT2D eigenvalue weighted by molar-refractivity contribution is -0.122. The first-order chi connectivity index (χ1) is 11.7. The molecule has 3 rings (SSSR count). The van der Waals surface area contributed by atoms with Crippen molar-refractivity contribution >= 4 is 5.91 Å². The first-order valence-corrected chi connectivity index (χ1v) is 8.01. The van der Waals surface area contributed by atoms with E-state index in [-0.39, 0.29) is 24.0 Å². The number of hydrogen-bond donors (Lipinski definition) is 2. The zero-order valence-electron chi connectivity index (χ0n) is 13.6. The molecule has 2 heterocycles. The molecule has 0 aliphatic heterocycles. The number of pyridine rings is 2. The molecule has 2 aromatic heterocycles. The third-order valence-electron chi connectivity index (χ3n) is 4.38. The Labute approximate surface area is 140 Å². The fraction of sp³-hybridized carbons (Fsp3) is 0.389. The fourth-order valence-corrected chi connectivity index (χ4v) is 3.00. The second kappa shape index (κ2) is 7.40. The number of rotatable bonds is 6. The summed E-state index contributed by atoms with van der Waals surface area (Å²) < 4.78 is 5.23. The van der Waals surface area contributed by atoms with Gasteiger partial charge in [0.05, 0.1) is 31.9 Å². The van der Waals surface area contributed by atoms with Crippen LogP contribution in [-0.2, 0) is 11.2 Å². The molecule has 1 amide bonds. The third-order valence-corrected chi connectivity index (χ3v) is 4.38. The number of aliphatic hydroxyl groups excluding tert-OH is 1. The molecule has 1 fully saturated rings. The Morgan fingerprint density at radius 1 is 1.33 bits per heavy atom. The number of amides is 1. The van der Waals surface area contributed by atoms with Gasteiger partial charge in [-0.15, -0.1) is 0 Å². The second-order valence-corrected chi connectivity index (χ2v) is 6.12. The number of nitrogens with zero attached hydrogens (tertiary/aromatic N) is 2. The minimum absolute atomic E-state index is 0.0598. The normalized spacial score (nSPS) is 20.8. The number of carbonyl (C=O) groups excluding carboxylic acids is 1. The second-order valence-electron chi connectivity index (χ2n) is 6.12. The van der Waals surface area contributed by atoms with Gasteiger partial charge in [0.2, 0.25) is 5.91 Å². The van der Waals surface area contributed by atoms with E-state index < -0.39 is 0 Å². The van der Waals surface area contributed by atoms with E-state index in [0.717, 1.165) is 11.1 Å². The predicted molar refractivity (Wildman–Crippen MR) is 88.3 cm³/mol. The fourth-order valence-electron chi connectivity index (χ4n) is 3.00. The van der Waals surface area contributed by atoms with Gasteiger partial charge in [-0.1, -0.05) is 0 Å². The summed E-state index contributed by atoms with van der Waals surface area (Å²) in [4.78, 5) is 20.6. The number of methoxy groups -OCH3 is 1. The maximum absolute atomic E-state index is 12.4. The van der Waals surface area contributed by atoms with E-state index in [1.165, 1.54) is 0 Å². The van der Waals surface area contributed by atoms with Gasteiger partial charge in [0.1, 0.15) is 5.75 Å². The van der Waals surface area contributed by atoms with Crippen LogP contribution in [0, 0.1) is 5.92 Å². The summed E-state index contributed by atoms with van der Waals surface area (Å²) in [6.45, 7) is 0. The Kier molecular flexibility index (Phi) is 5.05. The molecule has 0 aromatic carbocycles. The zero-order chi connectivity index (χ0) is 16.9. The van der Waals surface area contributed by atoms with Crippen molar-refractivity contribution in [3.05, 3.63) is 54.1 Å². The molecule has 2 N–H and O–H groups in total. The highest BCUT2D eigenvalue weighted by Gasteiger charge is 2.36. The molecule has 1 atom stereocenters. The van der Waals surface area contributed by atoms with Crippen molar-refractivity contribution in [1.82, 2.24) is 15.3 Å². The number of nitrogens with one attached hydrogen (secondary N) is 1. The van der Waals surface area contributed by atoms with Gasteiger partial charge in [0.15, 0.2) is 0 Å². The highest BCUT2D eigenvalue weighted by atomic mass is 16.5. The lowest BCUT2D eigenvalue weighted by atomic mass is 9.75. The monoisotopic (exact) mass is 327 g/mol. The summed E-state index contributed by atoms with van der Waals surface area (Å²) in [6, 6.07) is 5.36. The molecule has 126 valence electrons. The molecule has 2 aromatic rings. The quantitative estimate of drug-likeness (QED) is 0.843. The maximum Gasteiger partial charge on any atom is 0.224 e. The highest BCUT2D eigenvalue weighted by Crippen LogP contribution is 2.38. The van der Waals surface area contributed by atoms with E-state index in [4.69, 9.17) is 4.74 Å². The number of aliphatic hydroxyl groups is 1. The van der Waals surface area contributed by atoms with Crippen LogP contribution in [0.5, 0.6) is 5.75 Å². The summed E-state index contributed by atoms with van der Waals surface area (Å²) in [7, 11) is 1.59. The SMILES string of the molecule is COc1cncc(C(NC(=O)Cc2ccncc2)C2CC(O)C2)c1. The highest BCUT2D eigenvalue weighted by molar-refractivity contribution is 5.79. The number of ether oxygens (including phenoxy) is 1. The van der Waals surface area contributed by atoms with Crippen LogP contribution in [0.2, 0.25) is 0 Å². The van der Waals surface area contributed by atoms with Gasteiger partial charge in [-0.2, -0.15) is 0 Å². The summed E-state index contributed by atoms with van der Waals surface area (Å²) in [5.41, 5.74) is 1.81. The minimum Gasteiger partial charge on any atom is -0.495 e. The maximum atomic E-state index is 12.4. The molecular formula is C18H21N3O3. The predicted octanol–water partition coefficient (Wildman–Crippen LogP) is 1.66. The van der Waals surface area contributed by atoms with Gasteiger partial charge >= 0.3 is 0 Å². The summed E-state index contributed by atoms with van der Waals surface area (Å²) >= 11 is 0. The van der Waals surface area contributed by atoms with E-state index in [0.29, 0.717) is 25.0 Å². The molecule has 1 aliphatic carbocycles. The molecule has 0 radical (unpaired) electrons. The molecule has 1 unspecified atom stereocenters. The van der Waals surface area contributed by atoms with Crippen LogP contribution in [0.1, 0.15) is 30.0 Å². The van der Waals surface area contributed by atoms with Gasteiger partial charge in [-0.25, -0.2) is 0 Å². The lowest BCUT2D eigenvalue weighted by Gasteiger charge is -2.38. The number of hydrogen-bond acceptors (Lipinski definition) is 5. The average molecular weight is 327 g/mol. The van der Waals surface area contributed by atoms with E-state index in [9.17, 15) is 9.90 Å². The van der Waals surface area contributed by atoms with Crippen molar-refractivity contribution in [2.45, 2.75) is 31.4 Å². The van der Waals surface area contributed by atoms with Crippen LogP contribution in [0.4, 0.5) is 0 Å². The van der Waals surface area contributed by atoms with E-state index in [2.05, 4.69) is 15.3 Å². The number of carbonyl (C=O) groups is 1. The molecule has 24 heavy (non-hydrogen) atoms. The lowest BCUT2D eigenvalue weighted by Crippen LogP contribution is -2.41. The standard InChI is InChI=1S/C18H21N3O3/c1-24-16-9-14(10-20-11-16)18(13-7-15(22)8-13)21-17(23)6-12-2-4-19-5-3-12/h2-5,9-11,13,15,18,22H,6-8H2,1H3,(H,21,23). The van der Waals surface area contributed by atoms with E-state index in [1.54, 1.807) is 31.9 Å².